The third-order valence-electron chi connectivity index (χ3n) is 4.26. The molecule has 1 atom stereocenters. The van der Waals surface area contributed by atoms with E-state index < -0.39 is 0 Å². The lowest BCUT2D eigenvalue weighted by atomic mass is 10.1. The van der Waals surface area contributed by atoms with Gasteiger partial charge < -0.3 is 15.0 Å². The summed E-state index contributed by atoms with van der Waals surface area (Å²) >= 11 is 0. The van der Waals surface area contributed by atoms with Gasteiger partial charge in [-0.2, -0.15) is 0 Å². The van der Waals surface area contributed by atoms with Gasteiger partial charge in [0, 0.05) is 19.1 Å². The summed E-state index contributed by atoms with van der Waals surface area (Å²) in [4.78, 5) is 4.60. The maximum absolute atomic E-state index is 9.25. The number of hydrogen-bond acceptors (Lipinski definition) is 3. The van der Waals surface area contributed by atoms with Crippen LogP contribution in [0.15, 0.2) is 48.5 Å². The van der Waals surface area contributed by atoms with Crippen LogP contribution in [0.3, 0.4) is 0 Å². The molecule has 0 bridgehead atoms. The monoisotopic (exact) mass is 309 g/mol. The van der Waals surface area contributed by atoms with Crippen molar-refractivity contribution in [2.75, 3.05) is 6.54 Å². The van der Waals surface area contributed by atoms with Gasteiger partial charge in [0.1, 0.15) is 5.82 Å². The number of imidazole rings is 1. The Hall–Kier alpha value is -2.17. The Labute approximate surface area is 136 Å². The minimum Gasteiger partial charge on any atom is -0.392 e. The summed E-state index contributed by atoms with van der Waals surface area (Å²) in [5, 5.41) is 12.8. The Kier molecular flexibility index (Phi) is 4.74. The summed E-state index contributed by atoms with van der Waals surface area (Å²) in [6.07, 6.45) is 0. The van der Waals surface area contributed by atoms with Crippen LogP contribution in [0.4, 0.5) is 0 Å². The van der Waals surface area contributed by atoms with Crippen molar-refractivity contribution in [3.63, 3.8) is 0 Å². The molecule has 2 N–H and O–H groups in total. The van der Waals surface area contributed by atoms with Crippen molar-refractivity contribution in [3.8, 4) is 0 Å². The molecular formula is C19H23N3O. The molecule has 1 unspecified atom stereocenters. The van der Waals surface area contributed by atoms with Gasteiger partial charge in [-0.1, -0.05) is 36.4 Å². The van der Waals surface area contributed by atoms with Crippen LogP contribution in [0.1, 0.15) is 29.9 Å². The van der Waals surface area contributed by atoms with E-state index in [0.29, 0.717) is 0 Å². The Morgan fingerprint density at radius 2 is 2.00 bits per heavy atom. The van der Waals surface area contributed by atoms with Gasteiger partial charge in [-0.3, -0.25) is 0 Å². The third-order valence-corrected chi connectivity index (χ3v) is 4.26. The van der Waals surface area contributed by atoms with Gasteiger partial charge >= 0.3 is 0 Å². The number of aliphatic hydroxyl groups excluding tert-OH is 1. The van der Waals surface area contributed by atoms with E-state index >= 15 is 0 Å². The highest BCUT2D eigenvalue weighted by Crippen LogP contribution is 2.16. The van der Waals surface area contributed by atoms with Crippen LogP contribution in [-0.4, -0.2) is 21.2 Å². The topological polar surface area (TPSA) is 50.1 Å². The number of para-hydroxylation sites is 2. The van der Waals surface area contributed by atoms with Crippen molar-refractivity contribution < 1.29 is 5.11 Å². The van der Waals surface area contributed by atoms with Crippen LogP contribution >= 0.6 is 0 Å². The Bertz CT molecular complexity index is 794. The predicted molar refractivity (Wildman–Crippen MR) is 93.3 cm³/mol. The van der Waals surface area contributed by atoms with E-state index in [0.717, 1.165) is 30.0 Å². The molecule has 0 aliphatic heterocycles. The molecule has 120 valence electrons. The van der Waals surface area contributed by atoms with Crippen molar-refractivity contribution in [2.24, 2.45) is 0 Å². The molecule has 0 saturated carbocycles. The lowest BCUT2D eigenvalue weighted by molar-refractivity contribution is 0.281. The quantitative estimate of drug-likeness (QED) is 0.735. The van der Waals surface area contributed by atoms with E-state index in [2.05, 4.69) is 52.1 Å². The lowest BCUT2D eigenvalue weighted by Crippen LogP contribution is -2.23. The molecule has 3 aromatic rings. The molecule has 0 radical (unpaired) electrons. The number of aliphatic hydroxyl groups is 1. The normalized spacial score (nSPS) is 12.7. The van der Waals surface area contributed by atoms with Gasteiger partial charge in [0.25, 0.3) is 0 Å². The van der Waals surface area contributed by atoms with E-state index in [4.69, 9.17) is 0 Å². The highest BCUT2D eigenvalue weighted by molar-refractivity contribution is 5.75. The summed E-state index contributed by atoms with van der Waals surface area (Å²) in [6.45, 7) is 6.03. The molecule has 1 heterocycles. The van der Waals surface area contributed by atoms with Crippen molar-refractivity contribution in [2.45, 2.75) is 33.0 Å². The molecule has 0 saturated heterocycles. The van der Waals surface area contributed by atoms with Gasteiger partial charge in [0.05, 0.1) is 17.6 Å². The second kappa shape index (κ2) is 6.94. The molecule has 1 aromatic heterocycles. The minimum atomic E-state index is 0.0841. The van der Waals surface area contributed by atoms with E-state index in [1.807, 2.05) is 25.1 Å². The summed E-state index contributed by atoms with van der Waals surface area (Å²) < 4.78 is 2.25. The van der Waals surface area contributed by atoms with E-state index in [1.54, 1.807) is 0 Å². The molecular weight excluding hydrogens is 286 g/mol. The highest BCUT2D eigenvalue weighted by Gasteiger charge is 2.08. The molecule has 23 heavy (non-hydrogen) atoms. The van der Waals surface area contributed by atoms with Crippen molar-refractivity contribution in [3.05, 3.63) is 65.5 Å². The number of benzene rings is 2. The standard InChI is InChI=1S/C19H23N3O/c1-14(17-7-5-6-16(12-17)13-23)20-10-11-22-15(2)21-18-8-3-4-9-19(18)22/h3-9,12,14,20,23H,10-11,13H2,1-2H3. The average molecular weight is 309 g/mol. The number of fused-ring (bicyclic) bond motifs is 1. The van der Waals surface area contributed by atoms with Crippen LogP contribution in [0.2, 0.25) is 0 Å². The number of aryl methyl sites for hydroxylation is 1. The van der Waals surface area contributed by atoms with Crippen LogP contribution in [0, 0.1) is 6.92 Å². The Morgan fingerprint density at radius 3 is 2.83 bits per heavy atom. The molecule has 0 aliphatic carbocycles. The first-order chi connectivity index (χ1) is 11.2. The summed E-state index contributed by atoms with van der Waals surface area (Å²) in [6, 6.07) is 16.6. The Morgan fingerprint density at radius 1 is 1.17 bits per heavy atom. The maximum atomic E-state index is 9.25. The van der Waals surface area contributed by atoms with Gasteiger partial charge in [-0.25, -0.2) is 4.98 Å². The summed E-state index contributed by atoms with van der Waals surface area (Å²) in [5.41, 5.74) is 4.38. The van der Waals surface area contributed by atoms with Crippen molar-refractivity contribution >= 4 is 11.0 Å². The van der Waals surface area contributed by atoms with Crippen molar-refractivity contribution in [1.29, 1.82) is 0 Å². The van der Waals surface area contributed by atoms with Crippen LogP contribution in [0.5, 0.6) is 0 Å². The van der Waals surface area contributed by atoms with Gasteiger partial charge in [-0.05, 0) is 37.1 Å². The molecule has 3 rings (SSSR count). The van der Waals surface area contributed by atoms with Gasteiger partial charge in [0.15, 0.2) is 0 Å². The first-order valence-electron chi connectivity index (χ1n) is 8.04. The molecule has 0 fully saturated rings. The molecule has 0 spiro atoms. The SMILES string of the molecule is Cc1nc2ccccc2n1CCNC(C)c1cccc(CO)c1. The van der Waals surface area contributed by atoms with E-state index in [9.17, 15) is 5.11 Å². The van der Waals surface area contributed by atoms with Crippen molar-refractivity contribution in [1.82, 2.24) is 14.9 Å². The predicted octanol–water partition coefficient (Wildman–Crippen LogP) is 3.19. The molecule has 0 aliphatic rings. The molecule has 2 aromatic carbocycles. The fraction of sp³-hybridized carbons (Fsp3) is 0.316. The largest absolute Gasteiger partial charge is 0.392 e. The van der Waals surface area contributed by atoms with Gasteiger partial charge in [-0.15, -0.1) is 0 Å². The van der Waals surface area contributed by atoms with Crippen LogP contribution < -0.4 is 5.32 Å². The smallest absolute Gasteiger partial charge is 0.106 e. The number of aromatic nitrogens is 2. The zero-order valence-electron chi connectivity index (χ0n) is 13.7. The minimum absolute atomic E-state index is 0.0841. The Balaban J connectivity index is 1.65. The fourth-order valence-corrected chi connectivity index (χ4v) is 2.95. The first kappa shape index (κ1) is 15.7. The second-order valence-electron chi connectivity index (χ2n) is 5.88. The average Bonchev–Trinajstić information content (AvgIpc) is 2.90. The number of nitrogens with one attached hydrogen (secondary N) is 1. The highest BCUT2D eigenvalue weighted by atomic mass is 16.3. The first-order valence-corrected chi connectivity index (χ1v) is 8.04. The summed E-state index contributed by atoms with van der Waals surface area (Å²) in [5.74, 6) is 1.04. The zero-order valence-corrected chi connectivity index (χ0v) is 13.7. The number of nitrogens with zero attached hydrogens (tertiary/aromatic N) is 2. The molecule has 4 nitrogen and oxygen atoms in total. The zero-order chi connectivity index (χ0) is 16.2. The lowest BCUT2D eigenvalue weighted by Gasteiger charge is -2.16. The molecule has 4 heteroatoms. The van der Waals surface area contributed by atoms with Crippen LogP contribution in [-0.2, 0) is 13.2 Å². The molecule has 0 amide bonds. The van der Waals surface area contributed by atoms with Gasteiger partial charge in [0.2, 0.25) is 0 Å². The number of rotatable bonds is 6. The summed E-state index contributed by atoms with van der Waals surface area (Å²) in [7, 11) is 0. The third kappa shape index (κ3) is 3.44. The number of hydrogen-bond donors (Lipinski definition) is 2. The fourth-order valence-electron chi connectivity index (χ4n) is 2.95. The van der Waals surface area contributed by atoms with E-state index in [1.165, 1.54) is 11.1 Å². The maximum Gasteiger partial charge on any atom is 0.106 e. The van der Waals surface area contributed by atoms with E-state index in [-0.39, 0.29) is 12.6 Å². The second-order valence-corrected chi connectivity index (χ2v) is 5.88. The van der Waals surface area contributed by atoms with Crippen LogP contribution in [0.25, 0.3) is 11.0 Å².